The largest absolute Gasteiger partial charge is 0.205 e. The van der Waals surface area contributed by atoms with Gasteiger partial charge < -0.3 is 0 Å². The van der Waals surface area contributed by atoms with Crippen molar-refractivity contribution in [1.29, 1.82) is 0 Å². The summed E-state index contributed by atoms with van der Waals surface area (Å²) in [7, 11) is -0.377. The van der Waals surface area contributed by atoms with E-state index in [1.165, 1.54) is 57.8 Å². The number of benzene rings is 1. The van der Waals surface area contributed by atoms with Crippen LogP contribution in [-0.2, 0) is 0 Å². The summed E-state index contributed by atoms with van der Waals surface area (Å²) in [5.74, 6) is 2.23. The Morgan fingerprint density at radius 1 is 1.00 bits per heavy atom. The molecule has 1 aliphatic carbocycles. The Hall–Kier alpha value is -0.343. The average Bonchev–Trinajstić information content (AvgIpc) is 2.65. The molecular weight excluding hydrogens is 347 g/mol. The van der Waals surface area contributed by atoms with Crippen molar-refractivity contribution in [1.82, 2.24) is 0 Å². The van der Waals surface area contributed by atoms with Gasteiger partial charge in [-0.25, -0.2) is 4.39 Å². The van der Waals surface area contributed by atoms with Crippen LogP contribution in [0.5, 0.6) is 0 Å². The van der Waals surface area contributed by atoms with Gasteiger partial charge in [-0.2, -0.15) is 0 Å². The van der Waals surface area contributed by atoms with E-state index in [1.54, 1.807) is 30.3 Å². The van der Waals surface area contributed by atoms with E-state index < -0.39 is 0 Å². The van der Waals surface area contributed by atoms with Crippen molar-refractivity contribution < 1.29 is 4.39 Å². The maximum absolute atomic E-state index is 13.7. The van der Waals surface area contributed by atoms with E-state index in [2.05, 4.69) is 6.92 Å². The predicted octanol–water partition coefficient (Wildman–Crippen LogP) is 7.58. The average molecular weight is 381 g/mol. The minimum atomic E-state index is -0.377. The van der Waals surface area contributed by atoms with Gasteiger partial charge in [0.15, 0.2) is 0 Å². The van der Waals surface area contributed by atoms with Crippen molar-refractivity contribution in [2.45, 2.75) is 88.8 Å². The van der Waals surface area contributed by atoms with Crippen LogP contribution in [0.4, 0.5) is 4.39 Å². The molecule has 1 aliphatic heterocycles. The van der Waals surface area contributed by atoms with Gasteiger partial charge in [-0.05, 0) is 61.1 Å². The highest BCUT2D eigenvalue weighted by molar-refractivity contribution is 6.58. The second-order valence-electron chi connectivity index (χ2n) is 8.56. The van der Waals surface area contributed by atoms with Crippen LogP contribution in [0.15, 0.2) is 18.2 Å². The molecule has 0 nitrogen and oxygen atoms in total. The monoisotopic (exact) mass is 380 g/mol. The molecule has 0 spiro atoms. The zero-order valence-corrected chi connectivity index (χ0v) is 17.7. The predicted molar refractivity (Wildman–Crippen MR) is 110 cm³/mol. The summed E-state index contributed by atoms with van der Waals surface area (Å²) < 4.78 is 13.7. The summed E-state index contributed by atoms with van der Waals surface area (Å²) >= 11 is 5.82. The van der Waals surface area contributed by atoms with Gasteiger partial charge in [-0.1, -0.05) is 74.8 Å². The van der Waals surface area contributed by atoms with Gasteiger partial charge in [-0.3, -0.25) is 0 Å². The highest BCUT2D eigenvalue weighted by Gasteiger charge is 2.31. The normalized spacial score (nSPS) is 30.4. The maximum atomic E-state index is 13.7. The van der Waals surface area contributed by atoms with Gasteiger partial charge in [0, 0.05) is 8.80 Å². The summed E-state index contributed by atoms with van der Waals surface area (Å²) in [5, 5.41) is 0.247. The fourth-order valence-electron chi connectivity index (χ4n) is 5.32. The molecule has 1 aromatic rings. The Bertz CT molecular complexity index is 531. The van der Waals surface area contributed by atoms with E-state index in [0.29, 0.717) is 5.92 Å². The number of rotatable bonds is 6. The molecule has 0 aromatic heterocycles. The van der Waals surface area contributed by atoms with Crippen LogP contribution < -0.4 is 0 Å². The first-order valence-corrected chi connectivity index (χ1v) is 13.4. The third-order valence-electron chi connectivity index (χ3n) is 6.96. The summed E-state index contributed by atoms with van der Waals surface area (Å²) in [4.78, 5) is 0. The van der Waals surface area contributed by atoms with E-state index in [9.17, 15) is 4.39 Å². The highest BCUT2D eigenvalue weighted by atomic mass is 35.5. The lowest BCUT2D eigenvalue weighted by molar-refractivity contribution is 0.216. The van der Waals surface area contributed by atoms with Crippen molar-refractivity contribution in [3.05, 3.63) is 34.6 Å². The SMILES string of the molecule is CCCCC[Si@H]1CC[C@H](C2CCC(c3ccc(Cl)c(F)c3)CC2)CC1. The number of hydrogen-bond acceptors (Lipinski definition) is 0. The molecule has 3 rings (SSSR count). The number of hydrogen-bond donors (Lipinski definition) is 0. The van der Waals surface area contributed by atoms with E-state index in [-0.39, 0.29) is 19.6 Å². The minimum absolute atomic E-state index is 0.247. The first-order valence-electron chi connectivity index (χ1n) is 10.6. The molecule has 1 saturated heterocycles. The van der Waals surface area contributed by atoms with E-state index in [1.807, 2.05) is 6.07 Å². The standard InChI is InChI=1S/C22H34ClFSi/c1-2-3-4-13-25-14-11-19(12-15-25)17-5-7-18(8-6-17)20-9-10-21(23)22(24)16-20/h9-10,16-19,25H,2-8,11-15H2,1H3/t17?,18?,19-,25-. The molecule has 0 bridgehead atoms. The fraction of sp³-hybridized carbons (Fsp3) is 0.727. The Morgan fingerprint density at radius 2 is 1.68 bits per heavy atom. The lowest BCUT2D eigenvalue weighted by atomic mass is 9.72. The summed E-state index contributed by atoms with van der Waals surface area (Å²) in [6.07, 6.45) is 12.5. The molecule has 1 aromatic carbocycles. The van der Waals surface area contributed by atoms with Crippen molar-refractivity contribution in [2.75, 3.05) is 0 Å². The minimum Gasteiger partial charge on any atom is -0.205 e. The molecule has 3 heteroatoms. The first-order chi connectivity index (χ1) is 12.2. The third-order valence-corrected chi connectivity index (χ3v) is 10.8. The molecule has 0 unspecified atom stereocenters. The van der Waals surface area contributed by atoms with Gasteiger partial charge >= 0.3 is 0 Å². The van der Waals surface area contributed by atoms with Crippen LogP contribution in [0.3, 0.4) is 0 Å². The lowest BCUT2D eigenvalue weighted by Gasteiger charge is -2.37. The van der Waals surface area contributed by atoms with Crippen LogP contribution >= 0.6 is 11.6 Å². The second kappa shape index (κ2) is 9.55. The molecule has 0 N–H and O–H groups in total. The van der Waals surface area contributed by atoms with E-state index >= 15 is 0 Å². The molecule has 1 heterocycles. The van der Waals surface area contributed by atoms with Crippen LogP contribution in [0, 0.1) is 17.7 Å². The molecule has 2 fully saturated rings. The molecule has 1 saturated carbocycles. The molecule has 25 heavy (non-hydrogen) atoms. The van der Waals surface area contributed by atoms with Crippen molar-refractivity contribution in [2.24, 2.45) is 11.8 Å². The van der Waals surface area contributed by atoms with Crippen molar-refractivity contribution in [3.8, 4) is 0 Å². The van der Waals surface area contributed by atoms with Gasteiger partial charge in [-0.15, -0.1) is 0 Å². The van der Waals surface area contributed by atoms with Crippen molar-refractivity contribution in [3.63, 3.8) is 0 Å². The fourth-order valence-corrected chi connectivity index (χ4v) is 8.97. The molecule has 2 aliphatic rings. The number of halogens is 2. The topological polar surface area (TPSA) is 0 Å². The van der Waals surface area contributed by atoms with Gasteiger partial charge in [0.05, 0.1) is 5.02 Å². The summed E-state index contributed by atoms with van der Waals surface area (Å²) in [6.45, 7) is 2.31. The number of unbranched alkanes of at least 4 members (excludes halogenated alkanes) is 2. The Morgan fingerprint density at radius 3 is 2.32 bits per heavy atom. The highest BCUT2D eigenvalue weighted by Crippen LogP contribution is 2.43. The second-order valence-corrected chi connectivity index (χ2v) is 12.4. The zero-order chi connectivity index (χ0) is 17.6. The Balaban J connectivity index is 1.43. The zero-order valence-electron chi connectivity index (χ0n) is 15.8. The maximum Gasteiger partial charge on any atom is 0.142 e. The molecule has 0 atom stereocenters. The summed E-state index contributed by atoms with van der Waals surface area (Å²) in [5.41, 5.74) is 1.16. The lowest BCUT2D eigenvalue weighted by Crippen LogP contribution is -2.28. The quantitative estimate of drug-likeness (QED) is 0.352. The third kappa shape index (κ3) is 5.32. The van der Waals surface area contributed by atoms with E-state index in [0.717, 1.165) is 17.4 Å². The Kier molecular flexibility index (Phi) is 7.42. The molecule has 0 radical (unpaired) electrons. The smallest absolute Gasteiger partial charge is 0.142 e. The van der Waals surface area contributed by atoms with Crippen LogP contribution in [0.2, 0.25) is 23.2 Å². The Labute approximate surface area is 160 Å². The molecule has 0 amide bonds. The van der Waals surface area contributed by atoms with Gasteiger partial charge in [0.1, 0.15) is 5.82 Å². The van der Waals surface area contributed by atoms with Crippen LogP contribution in [-0.4, -0.2) is 8.80 Å². The van der Waals surface area contributed by atoms with Crippen molar-refractivity contribution >= 4 is 20.4 Å². The first kappa shape index (κ1) is 19.4. The molecular formula is C22H34ClFSi. The van der Waals surface area contributed by atoms with E-state index in [4.69, 9.17) is 11.6 Å². The van der Waals surface area contributed by atoms with Gasteiger partial charge in [0.25, 0.3) is 0 Å². The van der Waals surface area contributed by atoms with Crippen LogP contribution in [0.25, 0.3) is 0 Å². The van der Waals surface area contributed by atoms with Gasteiger partial charge in [0.2, 0.25) is 0 Å². The summed E-state index contributed by atoms with van der Waals surface area (Å²) in [6, 6.07) is 10.2. The molecule has 140 valence electrons. The van der Waals surface area contributed by atoms with Crippen LogP contribution in [0.1, 0.15) is 76.2 Å².